The van der Waals surface area contributed by atoms with Crippen LogP contribution in [0.1, 0.15) is 148 Å². The molecule has 0 aliphatic heterocycles. The van der Waals surface area contributed by atoms with Gasteiger partial charge in [-0.3, -0.25) is 0 Å². The molecule has 0 nitrogen and oxygen atoms in total. The Hall–Kier alpha value is -1.96. The van der Waals surface area contributed by atoms with E-state index in [-0.39, 0.29) is 18.1 Å². The molecule has 0 saturated carbocycles. The van der Waals surface area contributed by atoms with E-state index >= 15 is 0 Å². The number of aryl methyl sites for hydroxylation is 2. The van der Waals surface area contributed by atoms with Gasteiger partial charge in [0, 0.05) is 0 Å². The fourth-order valence-electron chi connectivity index (χ4n) is 10.3. The van der Waals surface area contributed by atoms with Crippen molar-refractivity contribution in [2.45, 2.75) is 140 Å². The molecule has 0 fully saturated rings. The normalized spacial score (nSPS) is 18.9. The van der Waals surface area contributed by atoms with Gasteiger partial charge in [-0.15, -0.1) is 0 Å². The standard InChI is InChI=1S/2C25H31.C2H7Si.2ClH.Zr/c2*1-7-17(3)20-15-19-13-14-23(25(4,5)6)24(22(19)16-20)21-12-10-9-11-18(21)8-2;1-3-2;;;/h2*9-17H,7-8H2,1-6H3;3H,1-2H3;2*1H;/q;;;;;+2/p-2. The van der Waals surface area contributed by atoms with Gasteiger partial charge in [0.15, 0.2) is 0 Å². The summed E-state index contributed by atoms with van der Waals surface area (Å²) in [5.41, 5.74) is 19.6. The van der Waals surface area contributed by atoms with Crippen LogP contribution in [0.5, 0.6) is 0 Å². The molecular formula is C52H69Cl2SiZr. The minimum atomic E-state index is -5.11. The summed E-state index contributed by atoms with van der Waals surface area (Å²) >= 11 is -5.11. The van der Waals surface area contributed by atoms with E-state index in [1.54, 1.807) is 0 Å². The Labute approximate surface area is 350 Å². The van der Waals surface area contributed by atoms with Crippen LogP contribution in [0.4, 0.5) is 0 Å². The molecule has 299 valence electrons. The van der Waals surface area contributed by atoms with Crippen molar-refractivity contribution >= 4 is 35.1 Å². The van der Waals surface area contributed by atoms with Crippen LogP contribution in [-0.4, -0.2) is 5.92 Å². The van der Waals surface area contributed by atoms with E-state index in [0.29, 0.717) is 11.8 Å². The summed E-state index contributed by atoms with van der Waals surface area (Å²) in [6.07, 6.45) is 9.31. The van der Waals surface area contributed by atoms with Gasteiger partial charge in [0.2, 0.25) is 0 Å². The summed E-state index contributed by atoms with van der Waals surface area (Å²) in [7, 11) is 18.2. The summed E-state index contributed by atoms with van der Waals surface area (Å²) in [6.45, 7) is 33.4. The first kappa shape index (κ1) is 43.6. The Bertz CT molecular complexity index is 2040. The van der Waals surface area contributed by atoms with Gasteiger partial charge in [-0.05, 0) is 0 Å². The van der Waals surface area contributed by atoms with Crippen LogP contribution in [0.25, 0.3) is 34.4 Å². The topological polar surface area (TPSA) is 0 Å². The zero-order valence-corrected chi connectivity index (χ0v) is 42.2. The quantitative estimate of drug-likeness (QED) is 0.132. The Kier molecular flexibility index (Phi) is 12.4. The van der Waals surface area contributed by atoms with E-state index in [9.17, 15) is 0 Å². The maximum absolute atomic E-state index is 9.12. The first-order valence-corrected chi connectivity index (χ1v) is 38.1. The minimum absolute atomic E-state index is 0.0345. The van der Waals surface area contributed by atoms with Gasteiger partial charge in [-0.1, -0.05) is 0 Å². The number of hydrogen-bond donors (Lipinski definition) is 0. The summed E-state index contributed by atoms with van der Waals surface area (Å²) in [4.78, 5) is 0. The van der Waals surface area contributed by atoms with E-state index in [0.717, 1.165) is 25.7 Å². The summed E-state index contributed by atoms with van der Waals surface area (Å²) in [5.74, 6) is -1.03. The van der Waals surface area contributed by atoms with Gasteiger partial charge in [-0.25, -0.2) is 0 Å². The molecule has 0 bridgehead atoms. The number of rotatable bonds is 11. The Morgan fingerprint density at radius 2 is 0.929 bits per heavy atom. The number of hydrogen-bond acceptors (Lipinski definition) is 0. The molecule has 0 heterocycles. The van der Waals surface area contributed by atoms with Crippen LogP contribution >= 0.6 is 17.0 Å². The molecule has 2 aliphatic carbocycles. The van der Waals surface area contributed by atoms with Crippen LogP contribution in [0.2, 0.25) is 13.1 Å². The number of allylic oxidation sites excluding steroid dienone is 2. The first-order chi connectivity index (χ1) is 26.2. The molecule has 4 unspecified atom stereocenters. The first-order valence-electron chi connectivity index (χ1n) is 21.8. The van der Waals surface area contributed by atoms with Crippen molar-refractivity contribution < 1.29 is 15.6 Å². The van der Waals surface area contributed by atoms with Gasteiger partial charge in [-0.2, -0.15) is 0 Å². The zero-order chi connectivity index (χ0) is 41.1. The second-order valence-corrected chi connectivity index (χ2v) is 62.2. The van der Waals surface area contributed by atoms with E-state index in [2.05, 4.69) is 181 Å². The molecular weight excluding hydrogens is 815 g/mol. The van der Waals surface area contributed by atoms with Gasteiger partial charge in [0.05, 0.1) is 0 Å². The number of halogens is 2. The average Bonchev–Trinajstić information content (AvgIpc) is 3.77. The van der Waals surface area contributed by atoms with Gasteiger partial charge < -0.3 is 0 Å². The van der Waals surface area contributed by atoms with Crippen molar-refractivity contribution in [2.24, 2.45) is 11.8 Å². The van der Waals surface area contributed by atoms with E-state index in [4.69, 9.17) is 17.0 Å². The van der Waals surface area contributed by atoms with Crippen molar-refractivity contribution in [3.63, 3.8) is 0 Å². The molecule has 2 aliphatic rings. The Morgan fingerprint density at radius 1 is 0.571 bits per heavy atom. The van der Waals surface area contributed by atoms with E-state index in [1.165, 1.54) is 77.9 Å². The molecule has 0 spiro atoms. The monoisotopic (exact) mass is 881 g/mol. The second kappa shape index (κ2) is 15.9. The van der Waals surface area contributed by atoms with Crippen molar-refractivity contribution in [3.05, 3.63) is 128 Å². The fourth-order valence-corrected chi connectivity index (χ4v) is 41.6. The molecule has 0 radical (unpaired) electrons. The van der Waals surface area contributed by atoms with Crippen LogP contribution in [0.15, 0.2) is 83.9 Å². The van der Waals surface area contributed by atoms with Crippen LogP contribution < -0.4 is 0 Å². The molecule has 56 heavy (non-hydrogen) atoms. The van der Waals surface area contributed by atoms with Crippen molar-refractivity contribution in [1.29, 1.82) is 0 Å². The number of fused-ring (bicyclic) bond motifs is 2. The third-order valence-corrected chi connectivity index (χ3v) is 65.7. The number of benzene rings is 4. The summed E-state index contributed by atoms with van der Waals surface area (Å²) < 4.78 is 0.102. The van der Waals surface area contributed by atoms with Crippen LogP contribution in [0.3, 0.4) is 0 Å². The third-order valence-electron chi connectivity index (χ3n) is 14.0. The van der Waals surface area contributed by atoms with Crippen molar-refractivity contribution in [3.8, 4) is 22.3 Å². The third kappa shape index (κ3) is 7.11. The molecule has 0 saturated heterocycles. The van der Waals surface area contributed by atoms with Crippen LogP contribution in [0, 0.1) is 11.8 Å². The van der Waals surface area contributed by atoms with Gasteiger partial charge in [0.25, 0.3) is 0 Å². The second-order valence-electron chi connectivity index (χ2n) is 19.7. The van der Waals surface area contributed by atoms with E-state index in [1.807, 2.05) is 0 Å². The fraction of sp³-hybridized carbons (Fsp3) is 0.462. The average molecular weight is 884 g/mol. The molecule has 0 N–H and O–H groups in total. The molecule has 4 atom stereocenters. The molecule has 0 aromatic heterocycles. The Balaban J connectivity index is 1.75. The van der Waals surface area contributed by atoms with Gasteiger partial charge in [0.1, 0.15) is 0 Å². The molecule has 4 heteroatoms. The maximum atomic E-state index is 9.12. The van der Waals surface area contributed by atoms with Crippen LogP contribution in [-0.2, 0) is 39.2 Å². The Morgan fingerprint density at radius 3 is 1.23 bits per heavy atom. The molecule has 6 rings (SSSR count). The predicted octanol–water partition coefficient (Wildman–Crippen LogP) is 16.4. The van der Waals surface area contributed by atoms with Crippen molar-refractivity contribution in [2.75, 3.05) is 0 Å². The molecule has 4 aromatic rings. The summed E-state index contributed by atoms with van der Waals surface area (Å²) in [6, 6.07) is 28.1. The van der Waals surface area contributed by atoms with Crippen molar-refractivity contribution in [1.82, 2.24) is 0 Å². The molecule has 4 aromatic carbocycles. The van der Waals surface area contributed by atoms with Gasteiger partial charge >= 0.3 is 353 Å². The predicted molar refractivity (Wildman–Crippen MR) is 251 cm³/mol. The zero-order valence-electron chi connectivity index (χ0n) is 37.1. The summed E-state index contributed by atoms with van der Waals surface area (Å²) in [5, 5.41) is 0. The SMILES string of the molecule is CCc1ccccc1-c1c(C(C)(C)C)ccc2c1C=C(C(C)CC)[CH]2[Zr]([Cl])([Cl])([CH]1C(C(C)CC)=Cc2c1ccc(C(C)(C)C)c2-c1ccccc1CC)[SiH](C)C. The molecule has 0 amide bonds. The van der Waals surface area contributed by atoms with E-state index < -0.39 is 21.5 Å².